The smallest absolute Gasteiger partial charge is 0.0360 e. The molecule has 0 aromatic carbocycles. The van der Waals surface area contributed by atoms with Gasteiger partial charge in [-0.3, -0.25) is 4.99 Å². The number of aliphatic imine (C=N–C) groups is 1. The average Bonchev–Trinajstić information content (AvgIpc) is 2.65. The molecule has 0 aliphatic carbocycles. The van der Waals surface area contributed by atoms with E-state index in [1.54, 1.807) is 0 Å². The lowest BCUT2D eigenvalue weighted by atomic mass is 10.1. The van der Waals surface area contributed by atoms with Crippen LogP contribution in [-0.4, -0.2) is 12.8 Å². The zero-order valence-electron chi connectivity index (χ0n) is 20.7. The SMILES string of the molecule is CC.CC.CC.CC/C=C/C=NCC.CCC.CCCCCC(C)C. The number of rotatable bonds is 7. The normalized spacial score (nSPS) is 8.56. The van der Waals surface area contributed by atoms with E-state index in [0.29, 0.717) is 0 Å². The molecule has 0 heterocycles. The molecule has 0 spiro atoms. The van der Waals surface area contributed by atoms with Crippen LogP contribution in [0.25, 0.3) is 0 Å². The van der Waals surface area contributed by atoms with Crippen LogP contribution in [-0.2, 0) is 0 Å². The summed E-state index contributed by atoms with van der Waals surface area (Å²) in [5.74, 6) is 0.904. The van der Waals surface area contributed by atoms with Gasteiger partial charge in [-0.15, -0.1) is 0 Å². The summed E-state index contributed by atoms with van der Waals surface area (Å²) in [5.41, 5.74) is 0. The Morgan fingerprint density at radius 2 is 1.20 bits per heavy atom. The molecular formula is C24H57N. The van der Waals surface area contributed by atoms with E-state index in [9.17, 15) is 0 Å². The van der Waals surface area contributed by atoms with Gasteiger partial charge in [-0.1, -0.05) is 121 Å². The Morgan fingerprint density at radius 3 is 1.48 bits per heavy atom. The van der Waals surface area contributed by atoms with Crippen LogP contribution in [0.15, 0.2) is 17.1 Å². The fraction of sp³-hybridized carbons (Fsp3) is 0.875. The molecular weight excluding hydrogens is 302 g/mol. The molecule has 1 nitrogen and oxygen atoms in total. The number of hydrogen-bond donors (Lipinski definition) is 0. The second-order valence-electron chi connectivity index (χ2n) is 5.08. The molecule has 0 atom stereocenters. The zero-order chi connectivity index (χ0) is 21.4. The topological polar surface area (TPSA) is 12.4 Å². The first-order chi connectivity index (χ1) is 12.1. The lowest BCUT2D eigenvalue weighted by molar-refractivity contribution is 0.534. The summed E-state index contributed by atoms with van der Waals surface area (Å²) in [6, 6.07) is 0. The molecule has 0 radical (unpaired) electrons. The number of allylic oxidation sites excluding steroid dienone is 2. The van der Waals surface area contributed by atoms with Gasteiger partial charge in [0, 0.05) is 12.8 Å². The maximum absolute atomic E-state index is 4.00. The summed E-state index contributed by atoms with van der Waals surface area (Å²) >= 11 is 0. The van der Waals surface area contributed by atoms with E-state index in [2.05, 4.69) is 52.6 Å². The van der Waals surface area contributed by atoms with Crippen LogP contribution in [0.2, 0.25) is 0 Å². The van der Waals surface area contributed by atoms with Crippen LogP contribution < -0.4 is 0 Å². The van der Waals surface area contributed by atoms with Crippen molar-refractivity contribution in [3.8, 4) is 0 Å². The standard InChI is InChI=1S/C8H18.C7H13N.C3H8.3C2H6/c1-4-5-6-7-8(2)3;1-3-5-6-7-8-4-2;1-3-2;3*1-2/h8H,4-7H2,1-3H3;5-7H,3-4H2,1-2H3;3H2,1-2H3;3*1-2H3/b;6-5+,8-7?;;;;. The Morgan fingerprint density at radius 1 is 0.760 bits per heavy atom. The third kappa shape index (κ3) is 121. The van der Waals surface area contributed by atoms with Crippen molar-refractivity contribution in [1.82, 2.24) is 0 Å². The van der Waals surface area contributed by atoms with E-state index < -0.39 is 0 Å². The summed E-state index contributed by atoms with van der Waals surface area (Å²) < 4.78 is 0. The molecule has 0 rings (SSSR count). The molecule has 0 aromatic heterocycles. The van der Waals surface area contributed by atoms with Gasteiger partial charge in [0.1, 0.15) is 0 Å². The van der Waals surface area contributed by atoms with Gasteiger partial charge in [0.15, 0.2) is 0 Å². The predicted molar refractivity (Wildman–Crippen MR) is 127 cm³/mol. The highest BCUT2D eigenvalue weighted by atomic mass is 14.7. The largest absolute Gasteiger partial charge is 0.293 e. The van der Waals surface area contributed by atoms with Crippen LogP contribution in [0.5, 0.6) is 0 Å². The molecule has 0 saturated heterocycles. The molecule has 0 aliphatic heterocycles. The molecule has 0 bridgehead atoms. The predicted octanol–water partition coefficient (Wildman–Crippen LogP) is 9.76. The van der Waals surface area contributed by atoms with E-state index >= 15 is 0 Å². The Balaban J connectivity index is -0.0000000496. The minimum absolute atomic E-state index is 0.883. The van der Waals surface area contributed by atoms with E-state index in [-0.39, 0.29) is 0 Å². The van der Waals surface area contributed by atoms with Crippen LogP contribution in [0.3, 0.4) is 0 Å². The minimum atomic E-state index is 0.883. The first-order valence-corrected chi connectivity index (χ1v) is 11.2. The third-order valence-corrected chi connectivity index (χ3v) is 2.13. The maximum atomic E-state index is 4.00. The zero-order valence-corrected chi connectivity index (χ0v) is 20.7. The third-order valence-electron chi connectivity index (χ3n) is 2.13. The van der Waals surface area contributed by atoms with Crippen molar-refractivity contribution in [2.45, 2.75) is 129 Å². The van der Waals surface area contributed by atoms with E-state index in [4.69, 9.17) is 0 Å². The molecule has 25 heavy (non-hydrogen) atoms. The monoisotopic (exact) mass is 359 g/mol. The van der Waals surface area contributed by atoms with E-state index in [1.165, 1.54) is 32.1 Å². The molecule has 0 aliphatic rings. The Labute approximate surface area is 164 Å². The summed E-state index contributed by atoms with van der Waals surface area (Å²) in [4.78, 5) is 4.00. The number of hydrogen-bond acceptors (Lipinski definition) is 1. The van der Waals surface area contributed by atoms with Gasteiger partial charge in [-0.25, -0.2) is 0 Å². The second-order valence-corrected chi connectivity index (χ2v) is 5.08. The molecule has 0 amide bonds. The van der Waals surface area contributed by atoms with Gasteiger partial charge in [0.2, 0.25) is 0 Å². The minimum Gasteiger partial charge on any atom is -0.293 e. The summed E-state index contributed by atoms with van der Waals surface area (Å²) in [6.45, 7) is 28.1. The molecule has 0 saturated carbocycles. The molecule has 0 fully saturated rings. The van der Waals surface area contributed by atoms with Crippen molar-refractivity contribution in [2.75, 3.05) is 6.54 Å². The van der Waals surface area contributed by atoms with Crippen molar-refractivity contribution in [2.24, 2.45) is 10.9 Å². The lowest BCUT2D eigenvalue weighted by Gasteiger charge is -2.00. The average molecular weight is 360 g/mol. The van der Waals surface area contributed by atoms with Crippen molar-refractivity contribution in [3.05, 3.63) is 12.2 Å². The first kappa shape index (κ1) is 39.5. The van der Waals surface area contributed by atoms with Crippen molar-refractivity contribution >= 4 is 6.21 Å². The Bertz CT molecular complexity index is 157. The fourth-order valence-corrected chi connectivity index (χ4v) is 1.17. The van der Waals surface area contributed by atoms with Gasteiger partial charge in [0.05, 0.1) is 0 Å². The van der Waals surface area contributed by atoms with Crippen LogP contribution in [0.1, 0.15) is 129 Å². The van der Waals surface area contributed by atoms with Gasteiger partial charge in [-0.2, -0.15) is 0 Å². The molecule has 1 heteroatoms. The summed E-state index contributed by atoms with van der Waals surface area (Å²) in [7, 11) is 0. The van der Waals surface area contributed by atoms with Crippen LogP contribution in [0.4, 0.5) is 0 Å². The van der Waals surface area contributed by atoms with Crippen molar-refractivity contribution in [1.29, 1.82) is 0 Å². The van der Waals surface area contributed by atoms with Gasteiger partial charge < -0.3 is 0 Å². The van der Waals surface area contributed by atoms with E-state index in [0.717, 1.165) is 18.9 Å². The molecule has 0 unspecified atom stereocenters. The maximum Gasteiger partial charge on any atom is 0.0360 e. The molecule has 158 valence electrons. The Kier molecular flexibility index (Phi) is 103. The van der Waals surface area contributed by atoms with Crippen LogP contribution >= 0.6 is 0 Å². The molecule has 0 aromatic rings. The highest BCUT2D eigenvalue weighted by molar-refractivity contribution is 5.70. The molecule has 0 N–H and O–H groups in total. The van der Waals surface area contributed by atoms with E-state index in [1.807, 2.05) is 60.8 Å². The van der Waals surface area contributed by atoms with Gasteiger partial charge in [-0.05, 0) is 25.3 Å². The number of nitrogens with zero attached hydrogens (tertiary/aromatic N) is 1. The van der Waals surface area contributed by atoms with Crippen LogP contribution in [0, 0.1) is 5.92 Å². The number of unbranched alkanes of at least 4 members (excludes halogenated alkanes) is 2. The highest BCUT2D eigenvalue weighted by Crippen LogP contribution is 2.06. The van der Waals surface area contributed by atoms with Gasteiger partial charge >= 0.3 is 0 Å². The van der Waals surface area contributed by atoms with Gasteiger partial charge in [0.25, 0.3) is 0 Å². The highest BCUT2D eigenvalue weighted by Gasteiger charge is 1.90. The lowest BCUT2D eigenvalue weighted by Crippen LogP contribution is -1.85. The van der Waals surface area contributed by atoms with Crippen molar-refractivity contribution in [3.63, 3.8) is 0 Å². The van der Waals surface area contributed by atoms with Crippen molar-refractivity contribution < 1.29 is 0 Å². The second kappa shape index (κ2) is 65.4. The quantitative estimate of drug-likeness (QED) is 0.317. The fourth-order valence-electron chi connectivity index (χ4n) is 1.17. The summed E-state index contributed by atoms with van der Waals surface area (Å²) in [5, 5.41) is 0. The first-order valence-electron chi connectivity index (χ1n) is 11.2. The Hall–Kier alpha value is -0.590. The summed E-state index contributed by atoms with van der Waals surface area (Å²) in [6.07, 6.45) is 13.8.